The van der Waals surface area contributed by atoms with E-state index in [2.05, 4.69) is 4.98 Å². The van der Waals surface area contributed by atoms with E-state index in [1.54, 1.807) is 12.1 Å². The highest BCUT2D eigenvalue weighted by Gasteiger charge is 2.25. The Labute approximate surface area is 150 Å². The van der Waals surface area contributed by atoms with Crippen LogP contribution in [0.5, 0.6) is 5.75 Å². The highest BCUT2D eigenvalue weighted by Crippen LogP contribution is 2.30. The zero-order valence-corrected chi connectivity index (χ0v) is 14.3. The second-order valence-electron chi connectivity index (χ2n) is 6.75. The molecule has 0 aliphatic carbocycles. The number of nitrogens with one attached hydrogen (secondary N) is 1. The van der Waals surface area contributed by atoms with Crippen LogP contribution in [0.4, 0.5) is 0 Å². The summed E-state index contributed by atoms with van der Waals surface area (Å²) < 4.78 is 0. The summed E-state index contributed by atoms with van der Waals surface area (Å²) in [7, 11) is 0. The van der Waals surface area contributed by atoms with Crippen molar-refractivity contribution in [1.29, 1.82) is 0 Å². The van der Waals surface area contributed by atoms with Crippen molar-refractivity contribution in [2.75, 3.05) is 13.1 Å². The normalized spacial score (nSPS) is 15.3. The number of carbonyl (C=O) groups is 1. The van der Waals surface area contributed by atoms with E-state index in [0.717, 1.165) is 18.2 Å². The first-order valence-corrected chi connectivity index (χ1v) is 8.82. The van der Waals surface area contributed by atoms with E-state index in [-0.39, 0.29) is 17.2 Å². The molecule has 1 amide bonds. The number of rotatable bonds is 2. The first-order chi connectivity index (χ1) is 12.6. The lowest BCUT2D eigenvalue weighted by Crippen LogP contribution is -2.38. The number of benzene rings is 2. The van der Waals surface area contributed by atoms with Crippen LogP contribution in [0, 0.1) is 0 Å². The molecule has 0 spiro atoms. The number of H-pyrrole nitrogens is 1. The molecular formula is C21H20N2O3. The lowest BCUT2D eigenvalue weighted by atomic mass is 9.89. The molecule has 1 fully saturated rings. The van der Waals surface area contributed by atoms with Crippen molar-refractivity contribution in [3.05, 3.63) is 76.1 Å². The highest BCUT2D eigenvalue weighted by atomic mass is 16.3. The molecule has 2 heterocycles. The van der Waals surface area contributed by atoms with Crippen LogP contribution in [0.15, 0.2) is 59.4 Å². The van der Waals surface area contributed by atoms with Crippen molar-refractivity contribution in [2.24, 2.45) is 0 Å². The van der Waals surface area contributed by atoms with Crippen molar-refractivity contribution in [3.63, 3.8) is 0 Å². The molecule has 1 aliphatic heterocycles. The molecule has 26 heavy (non-hydrogen) atoms. The third-order valence-electron chi connectivity index (χ3n) is 5.13. The van der Waals surface area contributed by atoms with E-state index < -0.39 is 0 Å². The van der Waals surface area contributed by atoms with Crippen LogP contribution < -0.4 is 5.56 Å². The van der Waals surface area contributed by atoms with Gasteiger partial charge in [-0.3, -0.25) is 9.59 Å². The molecular weight excluding hydrogens is 328 g/mol. The number of hydrogen-bond donors (Lipinski definition) is 2. The molecule has 0 atom stereocenters. The Hall–Kier alpha value is -3.08. The van der Waals surface area contributed by atoms with Crippen LogP contribution in [-0.2, 0) is 0 Å². The van der Waals surface area contributed by atoms with Crippen LogP contribution in [-0.4, -0.2) is 34.0 Å². The standard InChI is InChI=1S/C21H20N2O3/c24-16-7-5-14(6-8-16)15-9-11-23(12-10-15)21(26)18-13-20(25)22-19-4-2-1-3-17(18)19/h1-8,13,15,24H,9-12H2,(H,22,25). The molecule has 5 heteroatoms. The van der Waals surface area contributed by atoms with Gasteiger partial charge >= 0.3 is 0 Å². The summed E-state index contributed by atoms with van der Waals surface area (Å²) in [5, 5.41) is 10.2. The molecule has 1 aromatic heterocycles. The molecule has 4 rings (SSSR count). The van der Waals surface area contributed by atoms with Crippen molar-refractivity contribution in [3.8, 4) is 5.75 Å². The van der Waals surface area contributed by atoms with Crippen molar-refractivity contribution in [1.82, 2.24) is 9.88 Å². The first-order valence-electron chi connectivity index (χ1n) is 8.82. The first kappa shape index (κ1) is 16.4. The molecule has 0 saturated carbocycles. The Bertz CT molecular complexity index is 1000. The largest absolute Gasteiger partial charge is 0.508 e. The summed E-state index contributed by atoms with van der Waals surface area (Å²) in [5.74, 6) is 0.564. The number of aromatic amines is 1. The summed E-state index contributed by atoms with van der Waals surface area (Å²) in [6.07, 6.45) is 1.75. The van der Waals surface area contributed by atoms with Gasteiger partial charge in [0.25, 0.3) is 5.91 Å². The van der Waals surface area contributed by atoms with E-state index in [1.807, 2.05) is 41.3 Å². The molecule has 3 aromatic rings. The van der Waals surface area contributed by atoms with Crippen LogP contribution in [0.1, 0.15) is 34.7 Å². The zero-order valence-electron chi connectivity index (χ0n) is 14.3. The van der Waals surface area contributed by atoms with Gasteiger partial charge in [0.15, 0.2) is 0 Å². The predicted octanol–water partition coefficient (Wildman–Crippen LogP) is 3.25. The molecule has 2 N–H and O–H groups in total. The number of phenols is 1. The fourth-order valence-corrected chi connectivity index (χ4v) is 3.71. The van der Waals surface area contributed by atoms with Gasteiger partial charge in [0.05, 0.1) is 5.56 Å². The van der Waals surface area contributed by atoms with Gasteiger partial charge in [0, 0.05) is 30.1 Å². The van der Waals surface area contributed by atoms with Gasteiger partial charge < -0.3 is 15.0 Å². The monoisotopic (exact) mass is 348 g/mol. The van der Waals surface area contributed by atoms with Gasteiger partial charge in [-0.25, -0.2) is 0 Å². The summed E-state index contributed by atoms with van der Waals surface area (Å²) in [6, 6.07) is 16.1. The van der Waals surface area contributed by atoms with Crippen LogP contribution >= 0.6 is 0 Å². The number of likely N-dealkylation sites (tertiary alicyclic amines) is 1. The topological polar surface area (TPSA) is 73.4 Å². The van der Waals surface area contributed by atoms with E-state index >= 15 is 0 Å². The van der Waals surface area contributed by atoms with E-state index in [0.29, 0.717) is 30.1 Å². The van der Waals surface area contributed by atoms with Gasteiger partial charge in [0.1, 0.15) is 5.75 Å². The van der Waals surface area contributed by atoms with E-state index in [4.69, 9.17) is 0 Å². The van der Waals surface area contributed by atoms with Crippen LogP contribution in [0.25, 0.3) is 10.9 Å². The molecule has 0 bridgehead atoms. The number of piperidine rings is 1. The predicted molar refractivity (Wildman–Crippen MR) is 101 cm³/mol. The molecule has 0 radical (unpaired) electrons. The van der Waals surface area contributed by atoms with Gasteiger partial charge in [-0.05, 0) is 42.5 Å². The summed E-state index contributed by atoms with van der Waals surface area (Å²) >= 11 is 0. The molecule has 5 nitrogen and oxygen atoms in total. The fourth-order valence-electron chi connectivity index (χ4n) is 3.71. The summed E-state index contributed by atoms with van der Waals surface area (Å²) in [5.41, 5.74) is 2.08. The van der Waals surface area contributed by atoms with Gasteiger partial charge in [-0.1, -0.05) is 30.3 Å². The number of pyridine rings is 1. The minimum atomic E-state index is -0.258. The third-order valence-corrected chi connectivity index (χ3v) is 5.13. The van der Waals surface area contributed by atoms with Crippen molar-refractivity contribution >= 4 is 16.8 Å². The zero-order chi connectivity index (χ0) is 18.1. The molecule has 2 aromatic carbocycles. The number of nitrogens with zero attached hydrogens (tertiary/aromatic N) is 1. The lowest BCUT2D eigenvalue weighted by molar-refractivity contribution is 0.0715. The maximum absolute atomic E-state index is 13.0. The number of aromatic hydroxyl groups is 1. The Kier molecular flexibility index (Phi) is 4.21. The maximum Gasteiger partial charge on any atom is 0.254 e. The minimum absolute atomic E-state index is 0.0866. The van der Waals surface area contributed by atoms with Gasteiger partial charge in [-0.2, -0.15) is 0 Å². The van der Waals surface area contributed by atoms with Crippen LogP contribution in [0.3, 0.4) is 0 Å². The summed E-state index contributed by atoms with van der Waals surface area (Å²) in [4.78, 5) is 29.5. The average Bonchev–Trinajstić information content (AvgIpc) is 2.67. The lowest BCUT2D eigenvalue weighted by Gasteiger charge is -2.32. The quantitative estimate of drug-likeness (QED) is 0.747. The smallest absolute Gasteiger partial charge is 0.254 e. The van der Waals surface area contributed by atoms with E-state index in [1.165, 1.54) is 11.6 Å². The number of para-hydroxylation sites is 1. The minimum Gasteiger partial charge on any atom is -0.508 e. The number of phenolic OH excluding ortho intramolecular Hbond substituents is 1. The highest BCUT2D eigenvalue weighted by molar-refractivity contribution is 6.05. The Morgan fingerprint density at radius 1 is 1.04 bits per heavy atom. The fraction of sp³-hybridized carbons (Fsp3) is 0.238. The Morgan fingerprint density at radius 2 is 1.73 bits per heavy atom. The van der Waals surface area contributed by atoms with Gasteiger partial charge in [-0.15, -0.1) is 0 Å². The molecule has 132 valence electrons. The van der Waals surface area contributed by atoms with E-state index in [9.17, 15) is 14.7 Å². The number of carbonyl (C=O) groups excluding carboxylic acids is 1. The Balaban J connectivity index is 1.54. The maximum atomic E-state index is 13.0. The number of amides is 1. The van der Waals surface area contributed by atoms with Gasteiger partial charge in [0.2, 0.25) is 5.56 Å². The molecule has 1 aliphatic rings. The number of fused-ring (bicyclic) bond motifs is 1. The second-order valence-corrected chi connectivity index (χ2v) is 6.75. The summed E-state index contributed by atoms with van der Waals surface area (Å²) in [6.45, 7) is 1.32. The number of aromatic nitrogens is 1. The van der Waals surface area contributed by atoms with Crippen LogP contribution in [0.2, 0.25) is 0 Å². The Morgan fingerprint density at radius 3 is 2.46 bits per heavy atom. The molecule has 0 unspecified atom stereocenters. The van der Waals surface area contributed by atoms with Crippen molar-refractivity contribution < 1.29 is 9.90 Å². The molecule has 1 saturated heterocycles. The SMILES string of the molecule is O=C(c1cc(=O)[nH]c2ccccc12)N1CCC(c2ccc(O)cc2)CC1. The second kappa shape index (κ2) is 6.67. The third kappa shape index (κ3) is 3.08. The average molecular weight is 348 g/mol. The van der Waals surface area contributed by atoms with Crippen molar-refractivity contribution in [2.45, 2.75) is 18.8 Å². The number of hydrogen-bond acceptors (Lipinski definition) is 3.